The molecule has 1 aliphatic heterocycles. The van der Waals surface area contributed by atoms with Gasteiger partial charge in [0.05, 0.1) is 5.69 Å². The molecular weight excluding hydrogens is 364 g/mol. The molecule has 1 aromatic heterocycles. The fourth-order valence-corrected chi connectivity index (χ4v) is 2.45. The van der Waals surface area contributed by atoms with Crippen molar-refractivity contribution >= 4 is 45.5 Å². The van der Waals surface area contributed by atoms with Gasteiger partial charge in [-0.05, 0) is 53.2 Å². The number of hydrogen-bond acceptors (Lipinski definition) is 4. The topological polar surface area (TPSA) is 79.6 Å². The van der Waals surface area contributed by atoms with Gasteiger partial charge in [-0.15, -0.1) is 0 Å². The number of halogens is 1. The Labute approximate surface area is 139 Å². The molecule has 6 nitrogen and oxygen atoms in total. The van der Waals surface area contributed by atoms with E-state index in [1.807, 2.05) is 6.92 Å². The van der Waals surface area contributed by atoms with Crippen molar-refractivity contribution in [2.24, 2.45) is 0 Å². The van der Waals surface area contributed by atoms with E-state index in [2.05, 4.69) is 21.2 Å². The fourth-order valence-electron chi connectivity index (χ4n) is 2.13. The summed E-state index contributed by atoms with van der Waals surface area (Å²) in [5, 5.41) is 2.16. The lowest BCUT2D eigenvalue weighted by Gasteiger charge is -2.26. The molecule has 116 valence electrons. The van der Waals surface area contributed by atoms with Crippen LogP contribution in [0.15, 0.2) is 51.1 Å². The number of amides is 4. The predicted octanol–water partition coefficient (Wildman–Crippen LogP) is 3.02. The number of carbonyl (C=O) groups is 3. The van der Waals surface area contributed by atoms with Crippen molar-refractivity contribution in [1.29, 1.82) is 0 Å². The molecule has 0 unspecified atom stereocenters. The Morgan fingerprint density at radius 2 is 1.78 bits per heavy atom. The fraction of sp³-hybridized carbons (Fsp3) is 0.0625. The summed E-state index contributed by atoms with van der Waals surface area (Å²) in [6.07, 6.45) is 1.30. The molecule has 0 radical (unpaired) electrons. The summed E-state index contributed by atoms with van der Waals surface area (Å²) in [6.45, 7) is 1.89. The first-order chi connectivity index (χ1) is 11.0. The Morgan fingerprint density at radius 1 is 1.09 bits per heavy atom. The Balaban J connectivity index is 2.00. The van der Waals surface area contributed by atoms with Crippen LogP contribution in [0.5, 0.6) is 0 Å². The van der Waals surface area contributed by atoms with Crippen LogP contribution in [-0.2, 0) is 9.59 Å². The van der Waals surface area contributed by atoms with E-state index in [0.717, 1.165) is 10.5 Å². The van der Waals surface area contributed by atoms with Gasteiger partial charge in [0.1, 0.15) is 11.3 Å². The van der Waals surface area contributed by atoms with Gasteiger partial charge in [-0.2, -0.15) is 0 Å². The van der Waals surface area contributed by atoms with Crippen molar-refractivity contribution in [3.05, 3.63) is 58.0 Å². The first kappa shape index (κ1) is 15.2. The van der Waals surface area contributed by atoms with Gasteiger partial charge in [0, 0.05) is 0 Å². The van der Waals surface area contributed by atoms with Crippen molar-refractivity contribution in [2.45, 2.75) is 6.92 Å². The molecule has 0 aliphatic carbocycles. The largest absolute Gasteiger partial charge is 0.450 e. The highest BCUT2D eigenvalue weighted by Crippen LogP contribution is 2.23. The van der Waals surface area contributed by atoms with Crippen molar-refractivity contribution in [2.75, 3.05) is 4.90 Å². The zero-order valence-corrected chi connectivity index (χ0v) is 13.6. The predicted molar refractivity (Wildman–Crippen MR) is 86.6 cm³/mol. The van der Waals surface area contributed by atoms with Gasteiger partial charge < -0.3 is 4.42 Å². The second-order valence-corrected chi connectivity index (χ2v) is 5.72. The summed E-state index contributed by atoms with van der Waals surface area (Å²) in [5.41, 5.74) is 1.20. The molecule has 1 N–H and O–H groups in total. The van der Waals surface area contributed by atoms with E-state index in [1.54, 1.807) is 36.4 Å². The minimum atomic E-state index is -0.776. The van der Waals surface area contributed by atoms with Gasteiger partial charge in [-0.3, -0.25) is 14.9 Å². The van der Waals surface area contributed by atoms with Crippen molar-refractivity contribution in [1.82, 2.24) is 5.32 Å². The third-order valence-electron chi connectivity index (χ3n) is 3.27. The second-order valence-electron chi connectivity index (χ2n) is 4.94. The molecule has 1 fully saturated rings. The van der Waals surface area contributed by atoms with Gasteiger partial charge in [-0.25, -0.2) is 9.69 Å². The molecule has 2 aromatic rings. The van der Waals surface area contributed by atoms with Crippen LogP contribution in [-0.4, -0.2) is 17.8 Å². The standard InChI is InChI=1S/C16H11BrN2O4/c1-9-2-4-10(5-3-9)19-15(21)12(14(20)18-16(19)22)8-11-6-7-13(17)23-11/h2-8H,1H3,(H,18,20,22)/b12-8+. The summed E-state index contributed by atoms with van der Waals surface area (Å²) in [7, 11) is 0. The lowest BCUT2D eigenvalue weighted by Crippen LogP contribution is -2.54. The maximum Gasteiger partial charge on any atom is 0.335 e. The van der Waals surface area contributed by atoms with Crippen LogP contribution < -0.4 is 10.2 Å². The molecule has 0 saturated carbocycles. The molecule has 3 rings (SSSR count). The molecule has 7 heteroatoms. The van der Waals surface area contributed by atoms with Crippen LogP contribution in [0.3, 0.4) is 0 Å². The molecule has 1 saturated heterocycles. The summed E-state index contributed by atoms with van der Waals surface area (Å²) >= 11 is 3.15. The Kier molecular flexibility index (Phi) is 3.87. The molecule has 4 amide bonds. The third kappa shape index (κ3) is 2.95. The van der Waals surface area contributed by atoms with E-state index < -0.39 is 17.8 Å². The maximum atomic E-state index is 12.6. The van der Waals surface area contributed by atoms with Gasteiger partial charge in [0.25, 0.3) is 11.8 Å². The normalized spacial score (nSPS) is 16.9. The number of urea groups is 1. The number of barbiturate groups is 1. The molecule has 1 aromatic carbocycles. The lowest BCUT2D eigenvalue weighted by atomic mass is 10.1. The number of carbonyl (C=O) groups excluding carboxylic acids is 3. The van der Waals surface area contributed by atoms with Crippen LogP contribution in [0.25, 0.3) is 6.08 Å². The van der Waals surface area contributed by atoms with E-state index in [4.69, 9.17) is 4.42 Å². The number of hydrogen-bond donors (Lipinski definition) is 1. The number of nitrogens with zero attached hydrogens (tertiary/aromatic N) is 1. The van der Waals surface area contributed by atoms with E-state index in [0.29, 0.717) is 16.1 Å². The highest BCUT2D eigenvalue weighted by atomic mass is 79.9. The lowest BCUT2D eigenvalue weighted by molar-refractivity contribution is -0.122. The Bertz CT molecular complexity index is 836. The average molecular weight is 375 g/mol. The third-order valence-corrected chi connectivity index (χ3v) is 3.70. The van der Waals surface area contributed by atoms with Gasteiger partial charge >= 0.3 is 6.03 Å². The number of aryl methyl sites for hydroxylation is 1. The van der Waals surface area contributed by atoms with Crippen molar-refractivity contribution in [3.8, 4) is 0 Å². The average Bonchev–Trinajstić information content (AvgIpc) is 2.91. The minimum Gasteiger partial charge on any atom is -0.450 e. The smallest absolute Gasteiger partial charge is 0.335 e. The van der Waals surface area contributed by atoms with Crippen LogP contribution in [0, 0.1) is 6.92 Å². The number of furan rings is 1. The van der Waals surface area contributed by atoms with Gasteiger partial charge in [0.15, 0.2) is 4.67 Å². The summed E-state index contributed by atoms with van der Waals surface area (Å²) in [6, 6.07) is 9.30. The maximum absolute atomic E-state index is 12.6. The van der Waals surface area contributed by atoms with Crippen LogP contribution >= 0.6 is 15.9 Å². The molecule has 1 aliphatic rings. The first-order valence-electron chi connectivity index (χ1n) is 6.69. The van der Waals surface area contributed by atoms with E-state index >= 15 is 0 Å². The molecule has 0 spiro atoms. The van der Waals surface area contributed by atoms with Crippen molar-refractivity contribution < 1.29 is 18.8 Å². The van der Waals surface area contributed by atoms with Gasteiger partial charge in [0.2, 0.25) is 0 Å². The van der Waals surface area contributed by atoms with Crippen LogP contribution in [0.2, 0.25) is 0 Å². The minimum absolute atomic E-state index is 0.174. The van der Waals surface area contributed by atoms with Crippen molar-refractivity contribution in [3.63, 3.8) is 0 Å². The summed E-state index contributed by atoms with van der Waals surface area (Å²) in [5.74, 6) is -1.13. The highest BCUT2D eigenvalue weighted by Gasteiger charge is 2.36. The first-order valence-corrected chi connectivity index (χ1v) is 7.48. The number of anilines is 1. The molecule has 23 heavy (non-hydrogen) atoms. The highest BCUT2D eigenvalue weighted by molar-refractivity contribution is 9.10. The van der Waals surface area contributed by atoms with E-state index in [1.165, 1.54) is 6.08 Å². The zero-order valence-electron chi connectivity index (χ0n) is 12.0. The monoisotopic (exact) mass is 374 g/mol. The second kappa shape index (κ2) is 5.85. The zero-order chi connectivity index (χ0) is 16.6. The molecule has 2 heterocycles. The van der Waals surface area contributed by atoms with Crippen LogP contribution in [0.1, 0.15) is 11.3 Å². The molecule has 0 bridgehead atoms. The molecule has 0 atom stereocenters. The van der Waals surface area contributed by atoms with Crippen LogP contribution in [0.4, 0.5) is 10.5 Å². The Morgan fingerprint density at radius 3 is 2.39 bits per heavy atom. The number of rotatable bonds is 2. The van der Waals surface area contributed by atoms with E-state index in [9.17, 15) is 14.4 Å². The van der Waals surface area contributed by atoms with Gasteiger partial charge in [-0.1, -0.05) is 17.7 Å². The Hall–Kier alpha value is -2.67. The number of nitrogens with one attached hydrogen (secondary N) is 1. The number of imide groups is 2. The SMILES string of the molecule is Cc1ccc(N2C(=O)NC(=O)/C(=C\c3ccc(Br)o3)C2=O)cc1. The van der Waals surface area contributed by atoms with E-state index in [-0.39, 0.29) is 5.57 Å². The number of benzene rings is 1. The quantitative estimate of drug-likeness (QED) is 0.647. The molecular formula is C16H11BrN2O4. The summed E-state index contributed by atoms with van der Waals surface area (Å²) in [4.78, 5) is 37.5. The summed E-state index contributed by atoms with van der Waals surface area (Å²) < 4.78 is 5.74.